The van der Waals surface area contributed by atoms with E-state index in [4.69, 9.17) is 31.0 Å². The third-order valence-electron chi connectivity index (χ3n) is 10.5. The Labute approximate surface area is 288 Å². The Morgan fingerprint density at radius 1 is 1.22 bits per heavy atom. The molecule has 3 saturated heterocycles. The first-order valence-corrected chi connectivity index (χ1v) is 17.4. The number of halogens is 2. The summed E-state index contributed by atoms with van der Waals surface area (Å²) >= 11 is 7.26. The molecule has 0 unspecified atom stereocenters. The van der Waals surface area contributed by atoms with Crippen molar-refractivity contribution in [2.24, 2.45) is 0 Å². The van der Waals surface area contributed by atoms with Gasteiger partial charge >= 0.3 is 6.01 Å². The fourth-order valence-corrected chi connectivity index (χ4v) is 8.31. The molecule has 4 aliphatic rings. The first-order chi connectivity index (χ1) is 23.8. The van der Waals surface area contributed by atoms with Crippen molar-refractivity contribution >= 4 is 45.1 Å². The molecule has 49 heavy (non-hydrogen) atoms. The molecular weight excluding hydrogens is 647 g/mol. The average Bonchev–Trinajstić information content (AvgIpc) is 3.48. The monoisotopic (exact) mass is 684 g/mol. The number of carbonyl (C=O) groups excluding carboxylic acids is 1. The first kappa shape index (κ1) is 31.8. The van der Waals surface area contributed by atoms with Gasteiger partial charge in [-0.2, -0.15) is 20.3 Å². The van der Waals surface area contributed by atoms with Gasteiger partial charge in [-0.3, -0.25) is 14.8 Å². The maximum atomic E-state index is 14.7. The predicted octanol–water partition coefficient (Wildman–Crippen LogP) is 5.75. The number of ether oxygens (including phenoxy) is 2. The van der Waals surface area contributed by atoms with Gasteiger partial charge in [-0.15, -0.1) is 0 Å². The summed E-state index contributed by atoms with van der Waals surface area (Å²) in [6.07, 6.45) is 6.47. The van der Waals surface area contributed by atoms with Gasteiger partial charge in [0.1, 0.15) is 24.1 Å². The number of fused-ring (bicyclic) bond motifs is 3. The van der Waals surface area contributed by atoms with Gasteiger partial charge < -0.3 is 19.3 Å². The second-order valence-corrected chi connectivity index (χ2v) is 14.2. The highest BCUT2D eigenvalue weighted by Gasteiger charge is 2.49. The van der Waals surface area contributed by atoms with Crippen LogP contribution in [0.3, 0.4) is 0 Å². The lowest BCUT2D eigenvalue weighted by Crippen LogP contribution is -2.55. The molecule has 4 fully saturated rings. The van der Waals surface area contributed by atoms with Crippen molar-refractivity contribution in [3.63, 3.8) is 0 Å². The minimum Gasteiger partial charge on any atom is -0.487 e. The smallest absolute Gasteiger partial charge is 0.319 e. The number of aryl methyl sites for hydroxylation is 1. The number of hydrogen-bond acceptors (Lipinski definition) is 9. The molecule has 8 rings (SSSR count). The zero-order valence-corrected chi connectivity index (χ0v) is 28.2. The Morgan fingerprint density at radius 3 is 2.88 bits per heavy atom. The summed E-state index contributed by atoms with van der Waals surface area (Å²) in [6, 6.07) is 7.94. The topological polar surface area (TPSA) is 124 Å². The van der Waals surface area contributed by atoms with Gasteiger partial charge in [0.15, 0.2) is 5.75 Å². The predicted molar refractivity (Wildman–Crippen MR) is 185 cm³/mol. The maximum absolute atomic E-state index is 14.7. The molecule has 0 radical (unpaired) electrons. The van der Waals surface area contributed by atoms with Crippen LogP contribution in [0.4, 0.5) is 10.2 Å². The number of benzene rings is 2. The van der Waals surface area contributed by atoms with Crippen LogP contribution in [0.25, 0.3) is 32.9 Å². The van der Waals surface area contributed by atoms with Crippen molar-refractivity contribution in [1.82, 2.24) is 30.0 Å². The van der Waals surface area contributed by atoms with E-state index in [1.807, 2.05) is 25.1 Å². The number of H-pyrrole nitrogens is 1. The van der Waals surface area contributed by atoms with E-state index in [0.29, 0.717) is 60.1 Å². The summed E-state index contributed by atoms with van der Waals surface area (Å²) < 4.78 is 27.9. The van der Waals surface area contributed by atoms with Crippen LogP contribution in [0.2, 0.25) is 5.02 Å². The number of nitrogens with one attached hydrogen (secondary N) is 1. The number of rotatable bonds is 9. The molecule has 2 aromatic carbocycles. The standard InChI is InChI=1S/C36H38ClFN8O3/c1-3-29(47)46-14-13-44(19-23(46)9-11-39)34-25-15-27(37)31(30-21(2)5-8-28-26(30)17-40-43-28)33(49-24-6-7-24)32(25)41-35(42-34)48-20-36-10-4-12-45(36)18-22(38)16-36/h3,5,8,15,17,22-24H,1,4,6-7,9-10,12-14,16,18-20H2,2H3,(H,40,43)/t22-,23+,36+/m1/s1. The molecule has 2 aromatic heterocycles. The fourth-order valence-electron chi connectivity index (χ4n) is 8.02. The van der Waals surface area contributed by atoms with Crippen molar-refractivity contribution in [2.45, 2.75) is 69.3 Å². The van der Waals surface area contributed by atoms with Crippen LogP contribution in [0.1, 0.15) is 44.1 Å². The zero-order valence-electron chi connectivity index (χ0n) is 27.4. The van der Waals surface area contributed by atoms with E-state index < -0.39 is 6.17 Å². The SMILES string of the molecule is C=CC(=O)N1CCN(c2nc(OC[C@@]34CCCN3C[C@H](F)C4)nc3c(OC4CC4)c(-c4c(C)ccc5[nH]ncc45)c(Cl)cc23)C[C@@H]1CC#N. The Kier molecular flexibility index (Phi) is 8.07. The molecule has 1 N–H and O–H groups in total. The van der Waals surface area contributed by atoms with Crippen molar-refractivity contribution < 1.29 is 18.7 Å². The summed E-state index contributed by atoms with van der Waals surface area (Å²) in [5.41, 5.74) is 3.68. The highest BCUT2D eigenvalue weighted by Crippen LogP contribution is 2.49. The van der Waals surface area contributed by atoms with Crippen molar-refractivity contribution in [3.8, 4) is 29.0 Å². The molecule has 0 bridgehead atoms. The molecule has 254 valence electrons. The molecule has 1 aliphatic carbocycles. The third kappa shape index (κ3) is 5.63. The van der Waals surface area contributed by atoms with E-state index >= 15 is 0 Å². The number of hydrogen-bond donors (Lipinski definition) is 1. The number of nitriles is 1. The van der Waals surface area contributed by atoms with Crippen LogP contribution in [0, 0.1) is 18.3 Å². The molecule has 5 heterocycles. The number of amides is 1. The maximum Gasteiger partial charge on any atom is 0.319 e. The lowest BCUT2D eigenvalue weighted by atomic mass is 9.94. The number of aromatic amines is 1. The number of anilines is 1. The first-order valence-electron chi connectivity index (χ1n) is 17.0. The number of carbonyl (C=O) groups is 1. The van der Waals surface area contributed by atoms with Crippen LogP contribution < -0.4 is 14.4 Å². The minimum atomic E-state index is -0.888. The Bertz CT molecular complexity index is 2010. The zero-order chi connectivity index (χ0) is 33.9. The molecule has 13 heteroatoms. The lowest BCUT2D eigenvalue weighted by Gasteiger charge is -2.41. The minimum absolute atomic E-state index is 0.0199. The van der Waals surface area contributed by atoms with E-state index in [0.717, 1.165) is 59.8 Å². The van der Waals surface area contributed by atoms with E-state index in [1.165, 1.54) is 6.08 Å². The summed E-state index contributed by atoms with van der Waals surface area (Å²) in [4.78, 5) is 28.7. The van der Waals surface area contributed by atoms with Gasteiger partial charge in [-0.1, -0.05) is 24.2 Å². The number of nitrogens with zero attached hydrogens (tertiary/aromatic N) is 7. The molecule has 1 saturated carbocycles. The molecular formula is C36H38ClFN8O3. The number of alkyl halides is 1. The van der Waals surface area contributed by atoms with Crippen LogP contribution in [0.5, 0.6) is 11.8 Å². The van der Waals surface area contributed by atoms with Crippen molar-refractivity contribution in [3.05, 3.63) is 47.6 Å². The van der Waals surface area contributed by atoms with E-state index in [2.05, 4.69) is 32.6 Å². The Hall–Kier alpha value is -4.47. The normalized spacial score (nSPS) is 24.0. The molecule has 0 spiro atoms. The lowest BCUT2D eigenvalue weighted by molar-refractivity contribution is -0.128. The second-order valence-electron chi connectivity index (χ2n) is 13.8. The molecule has 1 amide bonds. The average molecular weight is 685 g/mol. The third-order valence-corrected chi connectivity index (χ3v) is 10.8. The van der Waals surface area contributed by atoms with Gasteiger partial charge in [-0.05, 0) is 62.9 Å². The second kappa shape index (κ2) is 12.4. The molecule has 3 atom stereocenters. The largest absolute Gasteiger partial charge is 0.487 e. The summed E-state index contributed by atoms with van der Waals surface area (Å²) in [5, 5.41) is 19.1. The Morgan fingerprint density at radius 2 is 2.08 bits per heavy atom. The quantitative estimate of drug-likeness (QED) is 0.220. The van der Waals surface area contributed by atoms with E-state index in [9.17, 15) is 14.4 Å². The van der Waals surface area contributed by atoms with Crippen molar-refractivity contribution in [2.75, 3.05) is 44.2 Å². The highest BCUT2D eigenvalue weighted by molar-refractivity contribution is 6.35. The van der Waals surface area contributed by atoms with Crippen LogP contribution in [-0.2, 0) is 4.79 Å². The van der Waals surface area contributed by atoms with Crippen LogP contribution >= 0.6 is 11.6 Å². The van der Waals surface area contributed by atoms with Gasteiger partial charge in [0.05, 0.1) is 46.9 Å². The molecule has 11 nitrogen and oxygen atoms in total. The summed E-state index contributed by atoms with van der Waals surface area (Å²) in [6.45, 7) is 8.44. The van der Waals surface area contributed by atoms with E-state index in [-0.39, 0.29) is 42.6 Å². The summed E-state index contributed by atoms with van der Waals surface area (Å²) in [5.74, 6) is 0.919. The van der Waals surface area contributed by atoms with Crippen LogP contribution in [0.15, 0.2) is 37.1 Å². The number of aromatic nitrogens is 4. The van der Waals surface area contributed by atoms with Crippen LogP contribution in [-0.4, -0.2) is 99.1 Å². The molecule has 4 aromatic rings. The Balaban J connectivity index is 1.29. The van der Waals surface area contributed by atoms with Gasteiger partial charge in [-0.25, -0.2) is 4.39 Å². The highest BCUT2D eigenvalue weighted by atomic mass is 35.5. The van der Waals surface area contributed by atoms with Gasteiger partial charge in [0, 0.05) is 54.5 Å². The van der Waals surface area contributed by atoms with Gasteiger partial charge in [0.25, 0.3) is 0 Å². The van der Waals surface area contributed by atoms with Crippen molar-refractivity contribution in [1.29, 1.82) is 5.26 Å². The summed E-state index contributed by atoms with van der Waals surface area (Å²) in [7, 11) is 0. The van der Waals surface area contributed by atoms with Gasteiger partial charge in [0.2, 0.25) is 5.91 Å². The molecule has 3 aliphatic heterocycles. The fraction of sp³-hybridized carbons (Fsp3) is 0.472. The van der Waals surface area contributed by atoms with E-state index in [1.54, 1.807) is 11.1 Å². The number of piperazine rings is 1.